The molecule has 1 saturated carbocycles. The first-order chi connectivity index (χ1) is 9.20. The first-order valence-electron chi connectivity index (χ1n) is 5.79. The third kappa shape index (κ3) is 2.21. The van der Waals surface area contributed by atoms with Crippen molar-refractivity contribution < 1.29 is 9.18 Å². The molecule has 0 amide bonds. The van der Waals surface area contributed by atoms with Crippen LogP contribution in [0.2, 0.25) is 0 Å². The van der Waals surface area contributed by atoms with Crippen LogP contribution < -0.4 is 5.69 Å². The summed E-state index contributed by atoms with van der Waals surface area (Å²) in [4.78, 5) is 23.0. The van der Waals surface area contributed by atoms with Gasteiger partial charge in [0.15, 0.2) is 11.4 Å². The van der Waals surface area contributed by atoms with Crippen LogP contribution in [0, 0.1) is 5.82 Å². The van der Waals surface area contributed by atoms with Crippen LogP contribution in [0.15, 0.2) is 33.0 Å². The van der Waals surface area contributed by atoms with Crippen LogP contribution in [0.5, 0.6) is 0 Å². The number of rotatable bonds is 4. The zero-order chi connectivity index (χ0) is 13.4. The van der Waals surface area contributed by atoms with E-state index in [1.54, 1.807) is 10.6 Å². The average Bonchev–Trinajstić information content (AvgIpc) is 3.15. The summed E-state index contributed by atoms with van der Waals surface area (Å²) in [6.45, 7) is 0. The first-order valence-corrected chi connectivity index (χ1v) is 6.61. The van der Waals surface area contributed by atoms with Crippen molar-refractivity contribution in [2.24, 2.45) is 0 Å². The Hall–Kier alpha value is -1.89. The van der Waals surface area contributed by atoms with Crippen LogP contribution in [0.4, 0.5) is 4.39 Å². The minimum atomic E-state index is -0.573. The molecule has 1 N–H and O–H groups in total. The van der Waals surface area contributed by atoms with Crippen molar-refractivity contribution in [1.82, 2.24) is 14.8 Å². The van der Waals surface area contributed by atoms with Gasteiger partial charge in [-0.15, -0.1) is 5.10 Å². The Morgan fingerprint density at radius 1 is 1.47 bits per heavy atom. The van der Waals surface area contributed by atoms with Gasteiger partial charge < -0.3 is 0 Å². The van der Waals surface area contributed by atoms with Crippen LogP contribution in [-0.2, 0) is 0 Å². The maximum Gasteiger partial charge on any atom is 0.344 e. The second-order valence-corrected chi connectivity index (χ2v) is 5.29. The number of carbonyl (C=O) groups excluding carboxylic acids is 1. The number of H-pyrrole nitrogens is 1. The molecule has 7 heteroatoms. The predicted molar refractivity (Wildman–Crippen MR) is 67.0 cm³/mol. The number of aldehydes is 1. The zero-order valence-corrected chi connectivity index (χ0v) is 10.6. The number of aromatic nitrogens is 3. The highest BCUT2D eigenvalue weighted by molar-refractivity contribution is 7.99. The van der Waals surface area contributed by atoms with Crippen LogP contribution in [0.1, 0.15) is 29.2 Å². The van der Waals surface area contributed by atoms with Gasteiger partial charge in [0, 0.05) is 10.9 Å². The molecule has 1 fully saturated rings. The number of nitrogens with one attached hydrogen (secondary N) is 1. The summed E-state index contributed by atoms with van der Waals surface area (Å²) in [6, 6.07) is 4.55. The Morgan fingerprint density at radius 3 is 2.95 bits per heavy atom. The molecular weight excluding hydrogens is 269 g/mol. The van der Waals surface area contributed by atoms with Gasteiger partial charge in [-0.05, 0) is 36.7 Å². The van der Waals surface area contributed by atoms with Gasteiger partial charge >= 0.3 is 5.69 Å². The number of benzene rings is 1. The van der Waals surface area contributed by atoms with Crippen LogP contribution in [0.3, 0.4) is 0 Å². The summed E-state index contributed by atoms with van der Waals surface area (Å²) in [5.74, 6) is -0.573. The van der Waals surface area contributed by atoms with Crippen LogP contribution in [0.25, 0.3) is 0 Å². The van der Waals surface area contributed by atoms with Gasteiger partial charge in [0.25, 0.3) is 0 Å². The molecule has 1 heterocycles. The van der Waals surface area contributed by atoms with Gasteiger partial charge in [-0.2, -0.15) is 0 Å². The first kappa shape index (κ1) is 12.2. The molecule has 1 aromatic heterocycles. The molecule has 2 aromatic rings. The number of nitrogens with zero attached hydrogens (tertiary/aromatic N) is 2. The molecule has 0 saturated heterocycles. The van der Waals surface area contributed by atoms with E-state index in [9.17, 15) is 14.0 Å². The number of halogens is 1. The third-order valence-corrected chi connectivity index (χ3v) is 3.96. The van der Waals surface area contributed by atoms with Crippen molar-refractivity contribution in [3.05, 3.63) is 40.1 Å². The lowest BCUT2D eigenvalue weighted by molar-refractivity contribution is 0.111. The third-order valence-electron chi connectivity index (χ3n) is 2.92. The summed E-state index contributed by atoms with van der Waals surface area (Å²) in [5, 5.41) is 6.77. The molecule has 0 radical (unpaired) electrons. The number of hydrogen-bond acceptors (Lipinski definition) is 4. The van der Waals surface area contributed by atoms with E-state index >= 15 is 0 Å². The fourth-order valence-corrected chi connectivity index (χ4v) is 2.86. The van der Waals surface area contributed by atoms with Gasteiger partial charge in [-0.3, -0.25) is 9.36 Å². The predicted octanol–water partition coefficient (Wildman–Crippen LogP) is 2.01. The van der Waals surface area contributed by atoms with E-state index in [1.807, 2.05) is 0 Å². The monoisotopic (exact) mass is 279 g/mol. The molecule has 0 spiro atoms. The highest BCUT2D eigenvalue weighted by Crippen LogP contribution is 2.38. The molecule has 1 aliphatic rings. The summed E-state index contributed by atoms with van der Waals surface area (Å²) < 4.78 is 15.0. The Morgan fingerprint density at radius 2 is 2.26 bits per heavy atom. The topological polar surface area (TPSA) is 67.8 Å². The molecular formula is C12H10FN3O2S. The molecule has 1 aliphatic carbocycles. The van der Waals surface area contributed by atoms with Crippen molar-refractivity contribution >= 4 is 18.0 Å². The van der Waals surface area contributed by atoms with E-state index < -0.39 is 5.82 Å². The van der Waals surface area contributed by atoms with Crippen molar-refractivity contribution in [2.45, 2.75) is 28.9 Å². The standard InChI is InChI=1S/C12H10FN3O2S/c13-9-2-1-3-10(8(9)6-17)19-12-15-14-11(18)16(12)7-4-5-7/h1-3,6-7H,4-5H2,(H,14,18). The molecule has 19 heavy (non-hydrogen) atoms. The number of carbonyl (C=O) groups is 1. The summed E-state index contributed by atoms with van der Waals surface area (Å²) in [6.07, 6.45) is 2.36. The molecule has 5 nitrogen and oxygen atoms in total. The van der Waals surface area contributed by atoms with Crippen molar-refractivity contribution in [3.63, 3.8) is 0 Å². The van der Waals surface area contributed by atoms with Crippen LogP contribution in [-0.4, -0.2) is 21.1 Å². The Labute approximate surface area is 111 Å². The lowest BCUT2D eigenvalue weighted by atomic mass is 10.2. The Kier molecular flexibility index (Phi) is 2.98. The molecule has 0 atom stereocenters. The normalized spacial score (nSPS) is 14.6. The van der Waals surface area contributed by atoms with E-state index in [2.05, 4.69) is 10.2 Å². The second kappa shape index (κ2) is 4.65. The Bertz CT molecular complexity index is 691. The van der Waals surface area contributed by atoms with Gasteiger partial charge in [0.1, 0.15) is 5.82 Å². The highest BCUT2D eigenvalue weighted by atomic mass is 32.2. The van der Waals surface area contributed by atoms with Crippen molar-refractivity contribution in [3.8, 4) is 0 Å². The Balaban J connectivity index is 2.00. The molecule has 0 aliphatic heterocycles. The SMILES string of the molecule is O=Cc1c(F)cccc1Sc1n[nH]c(=O)n1C1CC1. The second-order valence-electron chi connectivity index (χ2n) is 4.28. The lowest BCUT2D eigenvalue weighted by Gasteiger charge is -2.05. The molecule has 3 rings (SSSR count). The number of aromatic amines is 1. The molecule has 0 unspecified atom stereocenters. The van der Waals surface area contributed by atoms with Crippen molar-refractivity contribution in [1.29, 1.82) is 0 Å². The summed E-state index contributed by atoms with van der Waals surface area (Å²) >= 11 is 1.12. The molecule has 98 valence electrons. The maximum absolute atomic E-state index is 13.5. The average molecular weight is 279 g/mol. The largest absolute Gasteiger partial charge is 0.344 e. The van der Waals surface area contributed by atoms with Gasteiger partial charge in [-0.1, -0.05) is 6.07 Å². The molecule has 0 bridgehead atoms. The van der Waals surface area contributed by atoms with Crippen LogP contribution >= 0.6 is 11.8 Å². The van der Waals surface area contributed by atoms with Gasteiger partial charge in [-0.25, -0.2) is 14.3 Å². The smallest absolute Gasteiger partial charge is 0.298 e. The van der Waals surface area contributed by atoms with Gasteiger partial charge in [0.2, 0.25) is 0 Å². The maximum atomic E-state index is 13.5. The van der Waals surface area contributed by atoms with E-state index in [1.165, 1.54) is 12.1 Å². The number of hydrogen-bond donors (Lipinski definition) is 1. The van der Waals surface area contributed by atoms with E-state index in [4.69, 9.17) is 0 Å². The van der Waals surface area contributed by atoms with Gasteiger partial charge in [0.05, 0.1) is 5.56 Å². The van der Waals surface area contributed by atoms with E-state index in [0.29, 0.717) is 16.3 Å². The van der Waals surface area contributed by atoms with Crippen molar-refractivity contribution in [2.75, 3.05) is 0 Å². The minimum absolute atomic E-state index is 0.00899. The summed E-state index contributed by atoms with van der Waals surface area (Å²) in [7, 11) is 0. The summed E-state index contributed by atoms with van der Waals surface area (Å²) in [5.41, 5.74) is -0.278. The molecule has 1 aromatic carbocycles. The van der Waals surface area contributed by atoms with E-state index in [0.717, 1.165) is 24.6 Å². The quantitative estimate of drug-likeness (QED) is 0.869. The van der Waals surface area contributed by atoms with E-state index in [-0.39, 0.29) is 17.3 Å². The minimum Gasteiger partial charge on any atom is -0.298 e. The zero-order valence-electron chi connectivity index (χ0n) is 9.80. The highest BCUT2D eigenvalue weighted by Gasteiger charge is 2.29. The fraction of sp³-hybridized carbons (Fsp3) is 0.250. The lowest BCUT2D eigenvalue weighted by Crippen LogP contribution is -2.16. The fourth-order valence-electron chi connectivity index (χ4n) is 1.84.